The maximum Gasteiger partial charge on any atom is 0.335 e. The van der Waals surface area contributed by atoms with Crippen LogP contribution in [0.4, 0.5) is 0 Å². The first-order valence-electron chi connectivity index (χ1n) is 7.01. The van der Waals surface area contributed by atoms with E-state index < -0.39 is 11.9 Å². The molecule has 0 aromatic carbocycles. The number of esters is 1. The highest BCUT2D eigenvalue weighted by Gasteiger charge is 2.61. The average molecular weight is 266 g/mol. The Morgan fingerprint density at radius 3 is 2.95 bits per heavy atom. The van der Waals surface area contributed by atoms with Gasteiger partial charge >= 0.3 is 5.97 Å². The SMILES string of the molecule is C#CCC12CCC[C@@]1(OC(C)C(=O)OCC)OCC2. The second-order valence-corrected chi connectivity index (χ2v) is 5.38. The summed E-state index contributed by atoms with van der Waals surface area (Å²) in [5.74, 6) is 1.72. The van der Waals surface area contributed by atoms with E-state index in [2.05, 4.69) is 5.92 Å². The van der Waals surface area contributed by atoms with Crippen molar-refractivity contribution in [1.82, 2.24) is 0 Å². The van der Waals surface area contributed by atoms with Gasteiger partial charge in [-0.1, -0.05) is 0 Å². The molecular weight excluding hydrogens is 244 g/mol. The fourth-order valence-corrected chi connectivity index (χ4v) is 3.39. The topological polar surface area (TPSA) is 44.8 Å². The smallest absolute Gasteiger partial charge is 0.335 e. The summed E-state index contributed by atoms with van der Waals surface area (Å²) < 4.78 is 16.9. The van der Waals surface area contributed by atoms with E-state index in [1.807, 2.05) is 0 Å². The highest BCUT2D eigenvalue weighted by atomic mass is 16.7. The van der Waals surface area contributed by atoms with Crippen molar-refractivity contribution in [3.8, 4) is 12.3 Å². The van der Waals surface area contributed by atoms with Crippen molar-refractivity contribution in [3.63, 3.8) is 0 Å². The Labute approximate surface area is 114 Å². The Kier molecular flexibility index (Phi) is 4.17. The van der Waals surface area contributed by atoms with E-state index in [9.17, 15) is 4.79 Å². The lowest BCUT2D eigenvalue weighted by Crippen LogP contribution is -2.47. The van der Waals surface area contributed by atoms with Gasteiger partial charge in [0.2, 0.25) is 0 Å². The molecule has 2 aliphatic rings. The van der Waals surface area contributed by atoms with E-state index >= 15 is 0 Å². The summed E-state index contributed by atoms with van der Waals surface area (Å²) in [5.41, 5.74) is -0.123. The van der Waals surface area contributed by atoms with E-state index in [0.29, 0.717) is 19.6 Å². The van der Waals surface area contributed by atoms with Gasteiger partial charge in [0.05, 0.1) is 13.2 Å². The molecule has 1 aliphatic heterocycles. The number of carbonyl (C=O) groups excluding carboxylic acids is 1. The zero-order valence-electron chi connectivity index (χ0n) is 11.7. The first kappa shape index (κ1) is 14.4. The van der Waals surface area contributed by atoms with Crippen molar-refractivity contribution >= 4 is 5.97 Å². The van der Waals surface area contributed by atoms with Crippen molar-refractivity contribution in [3.05, 3.63) is 0 Å². The fraction of sp³-hybridized carbons (Fsp3) is 0.800. The third-order valence-corrected chi connectivity index (χ3v) is 4.31. The predicted octanol–water partition coefficient (Wildman–Crippen LogP) is 2.26. The van der Waals surface area contributed by atoms with Crippen LogP contribution in [0, 0.1) is 17.8 Å². The van der Waals surface area contributed by atoms with E-state index in [1.54, 1.807) is 13.8 Å². The first-order valence-corrected chi connectivity index (χ1v) is 7.01. The van der Waals surface area contributed by atoms with E-state index in [1.165, 1.54) is 0 Å². The minimum atomic E-state index is -0.689. The van der Waals surface area contributed by atoms with Crippen LogP contribution in [0.2, 0.25) is 0 Å². The zero-order chi connectivity index (χ0) is 13.9. The second-order valence-electron chi connectivity index (χ2n) is 5.38. The Morgan fingerprint density at radius 2 is 2.26 bits per heavy atom. The molecule has 2 fully saturated rings. The van der Waals surface area contributed by atoms with E-state index in [4.69, 9.17) is 20.6 Å². The van der Waals surface area contributed by atoms with Crippen LogP contribution < -0.4 is 0 Å². The largest absolute Gasteiger partial charge is 0.464 e. The molecule has 19 heavy (non-hydrogen) atoms. The molecule has 1 saturated carbocycles. The van der Waals surface area contributed by atoms with E-state index in [-0.39, 0.29) is 11.4 Å². The molecule has 4 heteroatoms. The van der Waals surface area contributed by atoms with Gasteiger partial charge in [0, 0.05) is 18.3 Å². The molecule has 4 nitrogen and oxygen atoms in total. The molecule has 2 unspecified atom stereocenters. The molecule has 0 spiro atoms. The first-order chi connectivity index (χ1) is 9.09. The minimum absolute atomic E-state index is 0.123. The number of hydrogen-bond acceptors (Lipinski definition) is 4. The van der Waals surface area contributed by atoms with Gasteiger partial charge in [0.25, 0.3) is 0 Å². The average Bonchev–Trinajstić information content (AvgIpc) is 2.84. The molecular formula is C15H22O4. The van der Waals surface area contributed by atoms with Crippen LogP contribution >= 0.6 is 0 Å². The van der Waals surface area contributed by atoms with Crippen LogP contribution in [-0.4, -0.2) is 31.1 Å². The van der Waals surface area contributed by atoms with Gasteiger partial charge in [0.1, 0.15) is 0 Å². The predicted molar refractivity (Wildman–Crippen MR) is 70.2 cm³/mol. The summed E-state index contributed by atoms with van der Waals surface area (Å²) in [4.78, 5) is 11.7. The standard InChI is InChI=1S/C15H22O4/c1-4-7-14-8-6-9-15(14,18-11-10-14)19-12(3)13(16)17-5-2/h1,12H,5-11H2,2-3H3/t12?,14?,15-/m0/s1. The lowest BCUT2D eigenvalue weighted by molar-refractivity contribution is -0.266. The highest BCUT2D eigenvalue weighted by Crippen LogP contribution is 2.58. The molecule has 0 N–H and O–H groups in total. The molecule has 0 aromatic heterocycles. The third-order valence-electron chi connectivity index (χ3n) is 4.31. The normalized spacial score (nSPS) is 34.6. The van der Waals surface area contributed by atoms with Gasteiger partial charge in [0.15, 0.2) is 11.9 Å². The molecule has 0 radical (unpaired) electrons. The summed E-state index contributed by atoms with van der Waals surface area (Å²) in [6.07, 6.45) is 9.27. The molecule has 3 atom stereocenters. The Morgan fingerprint density at radius 1 is 1.47 bits per heavy atom. The fourth-order valence-electron chi connectivity index (χ4n) is 3.39. The number of terminal acetylenes is 1. The quantitative estimate of drug-likeness (QED) is 0.565. The summed E-state index contributed by atoms with van der Waals surface area (Å²) >= 11 is 0. The minimum Gasteiger partial charge on any atom is -0.464 e. The lowest BCUT2D eigenvalue weighted by atomic mass is 9.77. The molecule has 1 heterocycles. The molecule has 106 valence electrons. The van der Waals surface area contributed by atoms with E-state index in [0.717, 1.165) is 25.7 Å². The van der Waals surface area contributed by atoms with Crippen molar-refractivity contribution in [1.29, 1.82) is 0 Å². The third kappa shape index (κ3) is 2.37. The van der Waals surface area contributed by atoms with Crippen LogP contribution in [-0.2, 0) is 19.0 Å². The maximum absolute atomic E-state index is 11.7. The van der Waals surface area contributed by atoms with Crippen molar-refractivity contribution in [2.24, 2.45) is 5.41 Å². The maximum atomic E-state index is 11.7. The van der Waals surface area contributed by atoms with Crippen LogP contribution in [0.25, 0.3) is 0 Å². The van der Waals surface area contributed by atoms with Gasteiger partial charge in [-0.25, -0.2) is 4.79 Å². The molecule has 2 rings (SSSR count). The number of rotatable bonds is 5. The number of carbonyl (C=O) groups is 1. The molecule has 0 bridgehead atoms. The summed E-state index contributed by atoms with van der Waals surface area (Å²) in [6.45, 7) is 4.51. The monoisotopic (exact) mass is 266 g/mol. The van der Waals surface area contributed by atoms with Crippen molar-refractivity contribution in [2.45, 2.75) is 57.8 Å². The highest BCUT2D eigenvalue weighted by molar-refractivity contribution is 5.74. The Hall–Kier alpha value is -1.05. The van der Waals surface area contributed by atoms with Crippen molar-refractivity contribution < 1.29 is 19.0 Å². The van der Waals surface area contributed by atoms with Gasteiger partial charge in [-0.15, -0.1) is 12.3 Å². The van der Waals surface area contributed by atoms with Crippen LogP contribution in [0.5, 0.6) is 0 Å². The summed E-state index contributed by atoms with van der Waals surface area (Å²) in [7, 11) is 0. The van der Waals surface area contributed by atoms with Crippen LogP contribution in [0.1, 0.15) is 46.0 Å². The summed E-state index contributed by atoms with van der Waals surface area (Å²) in [6, 6.07) is 0. The van der Waals surface area contributed by atoms with Gasteiger partial charge < -0.3 is 14.2 Å². The molecule has 0 amide bonds. The van der Waals surface area contributed by atoms with Gasteiger partial charge in [-0.2, -0.15) is 0 Å². The zero-order valence-corrected chi connectivity index (χ0v) is 11.7. The number of fused-ring (bicyclic) bond motifs is 1. The molecule has 0 aromatic rings. The summed E-state index contributed by atoms with van der Waals surface area (Å²) in [5, 5.41) is 0. The Bertz CT molecular complexity index is 372. The second kappa shape index (κ2) is 5.52. The number of hydrogen-bond donors (Lipinski definition) is 0. The number of ether oxygens (including phenoxy) is 3. The Balaban J connectivity index is 2.12. The van der Waals surface area contributed by atoms with Gasteiger partial charge in [-0.3, -0.25) is 0 Å². The van der Waals surface area contributed by atoms with Gasteiger partial charge in [-0.05, 0) is 33.1 Å². The van der Waals surface area contributed by atoms with Crippen LogP contribution in [0.3, 0.4) is 0 Å². The van der Waals surface area contributed by atoms with Crippen LogP contribution in [0.15, 0.2) is 0 Å². The lowest BCUT2D eigenvalue weighted by Gasteiger charge is -2.39. The molecule has 1 saturated heterocycles. The van der Waals surface area contributed by atoms with Crippen molar-refractivity contribution in [2.75, 3.05) is 13.2 Å². The molecule has 1 aliphatic carbocycles.